The standard InChI is InChI=1S/C14H21N3O/c15-8-5-14(18)17(13-3-1-2-4-13)11-12-6-9-16-10-7-12/h6-7,9-10,13H,1-5,8,11,15H2. The molecule has 0 spiro atoms. The van der Waals surface area contributed by atoms with Crippen molar-refractivity contribution >= 4 is 5.91 Å². The molecule has 98 valence electrons. The molecule has 1 amide bonds. The van der Waals surface area contributed by atoms with E-state index >= 15 is 0 Å². The van der Waals surface area contributed by atoms with E-state index in [4.69, 9.17) is 5.73 Å². The van der Waals surface area contributed by atoms with E-state index in [1.807, 2.05) is 17.0 Å². The third-order valence-electron chi connectivity index (χ3n) is 3.55. The summed E-state index contributed by atoms with van der Waals surface area (Å²) in [5.74, 6) is 0.182. The highest BCUT2D eigenvalue weighted by atomic mass is 16.2. The number of amides is 1. The molecule has 1 heterocycles. The van der Waals surface area contributed by atoms with Crippen molar-refractivity contribution in [3.05, 3.63) is 30.1 Å². The molecular weight excluding hydrogens is 226 g/mol. The zero-order valence-electron chi connectivity index (χ0n) is 10.7. The van der Waals surface area contributed by atoms with Gasteiger partial charge >= 0.3 is 0 Å². The number of nitrogens with two attached hydrogens (primary N) is 1. The maximum atomic E-state index is 12.2. The van der Waals surface area contributed by atoms with Crippen LogP contribution in [0.15, 0.2) is 24.5 Å². The van der Waals surface area contributed by atoms with Crippen molar-refractivity contribution in [1.82, 2.24) is 9.88 Å². The zero-order valence-corrected chi connectivity index (χ0v) is 10.7. The lowest BCUT2D eigenvalue weighted by molar-refractivity contribution is -0.133. The largest absolute Gasteiger partial charge is 0.335 e. The Balaban J connectivity index is 2.06. The second-order valence-electron chi connectivity index (χ2n) is 4.85. The molecule has 0 atom stereocenters. The van der Waals surface area contributed by atoms with Gasteiger partial charge in [0.25, 0.3) is 0 Å². The number of hydrogen-bond acceptors (Lipinski definition) is 3. The van der Waals surface area contributed by atoms with Crippen LogP contribution in [0.2, 0.25) is 0 Å². The van der Waals surface area contributed by atoms with E-state index in [1.165, 1.54) is 12.8 Å². The highest BCUT2D eigenvalue weighted by Crippen LogP contribution is 2.25. The van der Waals surface area contributed by atoms with Gasteiger partial charge in [0.05, 0.1) is 0 Å². The summed E-state index contributed by atoms with van der Waals surface area (Å²) >= 11 is 0. The summed E-state index contributed by atoms with van der Waals surface area (Å²) in [6.45, 7) is 1.12. The number of carbonyl (C=O) groups is 1. The van der Waals surface area contributed by atoms with E-state index in [2.05, 4.69) is 4.98 Å². The van der Waals surface area contributed by atoms with Gasteiger partial charge in [0.1, 0.15) is 0 Å². The number of nitrogens with zero attached hydrogens (tertiary/aromatic N) is 2. The van der Waals surface area contributed by atoms with Gasteiger partial charge < -0.3 is 10.6 Å². The Morgan fingerprint density at radius 1 is 1.33 bits per heavy atom. The van der Waals surface area contributed by atoms with Gasteiger partial charge in [0, 0.05) is 37.9 Å². The molecule has 18 heavy (non-hydrogen) atoms. The van der Waals surface area contributed by atoms with Gasteiger partial charge in [0.15, 0.2) is 0 Å². The first-order valence-electron chi connectivity index (χ1n) is 6.69. The fourth-order valence-corrected chi connectivity index (χ4v) is 2.59. The Morgan fingerprint density at radius 3 is 2.61 bits per heavy atom. The lowest BCUT2D eigenvalue weighted by Gasteiger charge is -2.29. The van der Waals surface area contributed by atoms with E-state index in [-0.39, 0.29) is 5.91 Å². The lowest BCUT2D eigenvalue weighted by atomic mass is 10.1. The first-order valence-corrected chi connectivity index (χ1v) is 6.69. The van der Waals surface area contributed by atoms with Gasteiger partial charge in [-0.2, -0.15) is 0 Å². The topological polar surface area (TPSA) is 59.2 Å². The molecule has 4 nitrogen and oxygen atoms in total. The van der Waals surface area contributed by atoms with Gasteiger partial charge in [-0.15, -0.1) is 0 Å². The van der Waals surface area contributed by atoms with Gasteiger partial charge in [0.2, 0.25) is 5.91 Å². The SMILES string of the molecule is NCCC(=O)N(Cc1ccncc1)C1CCCC1. The number of pyridine rings is 1. The van der Waals surface area contributed by atoms with Crippen molar-refractivity contribution in [2.45, 2.75) is 44.7 Å². The van der Waals surface area contributed by atoms with E-state index < -0.39 is 0 Å². The molecule has 1 saturated carbocycles. The molecule has 0 aliphatic heterocycles. The minimum Gasteiger partial charge on any atom is -0.335 e. The summed E-state index contributed by atoms with van der Waals surface area (Å²) in [6, 6.07) is 4.34. The number of carbonyl (C=O) groups excluding carboxylic acids is 1. The molecule has 1 fully saturated rings. The van der Waals surface area contributed by atoms with Crippen molar-refractivity contribution in [3.63, 3.8) is 0 Å². The fraction of sp³-hybridized carbons (Fsp3) is 0.571. The zero-order chi connectivity index (χ0) is 12.8. The Bertz CT molecular complexity index is 374. The summed E-state index contributed by atoms with van der Waals surface area (Å²) in [5.41, 5.74) is 6.64. The van der Waals surface area contributed by atoms with Crippen LogP contribution in [0.25, 0.3) is 0 Å². The van der Waals surface area contributed by atoms with Crippen LogP contribution < -0.4 is 5.73 Å². The van der Waals surface area contributed by atoms with Crippen molar-refractivity contribution < 1.29 is 4.79 Å². The average molecular weight is 247 g/mol. The van der Waals surface area contributed by atoms with Gasteiger partial charge in [-0.25, -0.2) is 0 Å². The molecule has 1 aromatic heterocycles. The third kappa shape index (κ3) is 3.29. The summed E-state index contributed by atoms with van der Waals surface area (Å²) in [6.07, 6.45) is 8.70. The molecule has 0 radical (unpaired) electrons. The first kappa shape index (κ1) is 13.0. The molecule has 1 aromatic rings. The maximum absolute atomic E-state index is 12.2. The summed E-state index contributed by atoms with van der Waals surface area (Å²) in [4.78, 5) is 18.2. The van der Waals surface area contributed by atoms with Crippen LogP contribution in [0.1, 0.15) is 37.7 Å². The molecule has 0 bridgehead atoms. The van der Waals surface area contributed by atoms with Gasteiger partial charge in [-0.3, -0.25) is 9.78 Å². The minimum absolute atomic E-state index is 0.182. The van der Waals surface area contributed by atoms with Crippen LogP contribution in [-0.2, 0) is 11.3 Å². The third-order valence-corrected chi connectivity index (χ3v) is 3.55. The second-order valence-corrected chi connectivity index (χ2v) is 4.85. The molecule has 0 saturated heterocycles. The van der Waals surface area contributed by atoms with Crippen molar-refractivity contribution in [1.29, 1.82) is 0 Å². The molecule has 1 aliphatic rings. The maximum Gasteiger partial charge on any atom is 0.224 e. The van der Waals surface area contributed by atoms with Crippen molar-refractivity contribution in [2.24, 2.45) is 5.73 Å². The molecule has 2 rings (SSSR count). The molecule has 2 N–H and O–H groups in total. The lowest BCUT2D eigenvalue weighted by Crippen LogP contribution is -2.39. The van der Waals surface area contributed by atoms with E-state index in [9.17, 15) is 4.79 Å². The number of hydrogen-bond donors (Lipinski definition) is 1. The van der Waals surface area contributed by atoms with Crippen LogP contribution in [0, 0.1) is 0 Å². The normalized spacial score (nSPS) is 15.8. The molecular formula is C14H21N3O. The highest BCUT2D eigenvalue weighted by Gasteiger charge is 2.26. The van der Waals surface area contributed by atoms with Crippen molar-refractivity contribution in [3.8, 4) is 0 Å². The highest BCUT2D eigenvalue weighted by molar-refractivity contribution is 5.76. The first-order chi connectivity index (χ1) is 8.81. The van der Waals surface area contributed by atoms with Crippen molar-refractivity contribution in [2.75, 3.05) is 6.54 Å². The Kier molecular flexibility index (Phi) is 4.70. The van der Waals surface area contributed by atoms with Gasteiger partial charge in [-0.1, -0.05) is 12.8 Å². The fourth-order valence-electron chi connectivity index (χ4n) is 2.59. The summed E-state index contributed by atoms with van der Waals surface area (Å²) in [7, 11) is 0. The number of rotatable bonds is 5. The Labute approximate surface area is 108 Å². The van der Waals surface area contributed by atoms with Crippen LogP contribution in [0.4, 0.5) is 0 Å². The molecule has 1 aliphatic carbocycles. The predicted molar refractivity (Wildman–Crippen MR) is 70.7 cm³/mol. The minimum atomic E-state index is 0.182. The summed E-state index contributed by atoms with van der Waals surface area (Å²) < 4.78 is 0. The van der Waals surface area contributed by atoms with Crippen LogP contribution in [0.3, 0.4) is 0 Å². The smallest absolute Gasteiger partial charge is 0.224 e. The Hall–Kier alpha value is -1.42. The van der Waals surface area contributed by atoms with Gasteiger partial charge in [-0.05, 0) is 30.5 Å². The Morgan fingerprint density at radius 2 is 2.00 bits per heavy atom. The molecule has 4 heteroatoms. The van der Waals surface area contributed by atoms with Crippen LogP contribution in [0.5, 0.6) is 0 Å². The quantitative estimate of drug-likeness (QED) is 0.861. The van der Waals surface area contributed by atoms with E-state index in [0.29, 0.717) is 25.6 Å². The van der Waals surface area contributed by atoms with E-state index in [1.54, 1.807) is 12.4 Å². The number of aromatic nitrogens is 1. The monoisotopic (exact) mass is 247 g/mol. The molecule has 0 aromatic carbocycles. The predicted octanol–water partition coefficient (Wildman–Crippen LogP) is 1.70. The van der Waals surface area contributed by atoms with Crippen LogP contribution >= 0.6 is 0 Å². The van der Waals surface area contributed by atoms with Crippen LogP contribution in [-0.4, -0.2) is 28.4 Å². The summed E-state index contributed by atoms with van der Waals surface area (Å²) in [5, 5.41) is 0. The average Bonchev–Trinajstić information content (AvgIpc) is 2.91. The second kappa shape index (κ2) is 6.50. The van der Waals surface area contributed by atoms with E-state index in [0.717, 1.165) is 18.4 Å². The molecule has 0 unspecified atom stereocenters.